The molecule has 1 aromatic rings. The second-order valence-electron chi connectivity index (χ2n) is 5.19. The van der Waals surface area contributed by atoms with Gasteiger partial charge in [0.15, 0.2) is 0 Å². The van der Waals surface area contributed by atoms with Crippen LogP contribution < -0.4 is 14.8 Å². The van der Waals surface area contributed by atoms with Crippen LogP contribution in [0.15, 0.2) is 30.3 Å². The second-order valence-corrected chi connectivity index (χ2v) is 7.12. The molecule has 0 amide bonds. The molecule has 2 N–H and O–H groups in total. The van der Waals surface area contributed by atoms with Crippen molar-refractivity contribution in [2.24, 2.45) is 0 Å². The molecular formula is C15H26N2O3S. The summed E-state index contributed by atoms with van der Waals surface area (Å²) in [6.45, 7) is 5.71. The highest BCUT2D eigenvalue weighted by Crippen LogP contribution is 2.08. The van der Waals surface area contributed by atoms with Gasteiger partial charge in [-0.25, -0.2) is 13.1 Å². The third-order valence-electron chi connectivity index (χ3n) is 2.80. The Morgan fingerprint density at radius 3 is 2.48 bits per heavy atom. The van der Waals surface area contributed by atoms with Crippen molar-refractivity contribution >= 4 is 10.0 Å². The molecule has 0 fully saturated rings. The Balaban J connectivity index is 2.08. The van der Waals surface area contributed by atoms with Crippen LogP contribution in [0.4, 0.5) is 0 Å². The van der Waals surface area contributed by atoms with E-state index < -0.39 is 10.0 Å². The van der Waals surface area contributed by atoms with Crippen molar-refractivity contribution in [2.75, 3.05) is 25.4 Å². The van der Waals surface area contributed by atoms with Crippen molar-refractivity contribution in [3.05, 3.63) is 30.3 Å². The highest BCUT2D eigenvalue weighted by molar-refractivity contribution is 7.89. The molecule has 0 spiro atoms. The maximum atomic E-state index is 11.7. The molecule has 120 valence electrons. The Kier molecular flexibility index (Phi) is 8.34. The molecule has 0 saturated heterocycles. The summed E-state index contributed by atoms with van der Waals surface area (Å²) >= 11 is 0. The maximum Gasteiger partial charge on any atom is 0.211 e. The second kappa shape index (κ2) is 9.76. The molecule has 21 heavy (non-hydrogen) atoms. The molecular weight excluding hydrogens is 288 g/mol. The number of para-hydroxylation sites is 1. The van der Waals surface area contributed by atoms with Crippen molar-refractivity contribution in [3.8, 4) is 5.75 Å². The van der Waals surface area contributed by atoms with Crippen molar-refractivity contribution in [2.45, 2.75) is 32.7 Å². The van der Waals surface area contributed by atoms with Crippen LogP contribution in [-0.2, 0) is 10.0 Å². The summed E-state index contributed by atoms with van der Waals surface area (Å²) in [6.07, 6.45) is 1.27. The summed E-state index contributed by atoms with van der Waals surface area (Å²) < 4.78 is 31.6. The normalized spacial score (nSPS) is 11.8. The Morgan fingerprint density at radius 1 is 1.10 bits per heavy atom. The predicted octanol–water partition coefficient (Wildman–Crippen LogP) is 1.76. The van der Waals surface area contributed by atoms with Gasteiger partial charge in [-0.1, -0.05) is 32.0 Å². The third kappa shape index (κ3) is 9.44. The van der Waals surface area contributed by atoms with Crippen LogP contribution in [0.2, 0.25) is 0 Å². The lowest BCUT2D eigenvalue weighted by Crippen LogP contribution is -2.31. The zero-order valence-corrected chi connectivity index (χ0v) is 13.7. The van der Waals surface area contributed by atoms with E-state index in [-0.39, 0.29) is 5.75 Å². The van der Waals surface area contributed by atoms with Gasteiger partial charge in [-0.15, -0.1) is 0 Å². The summed E-state index contributed by atoms with van der Waals surface area (Å²) in [5.74, 6) is 0.965. The fourth-order valence-corrected chi connectivity index (χ4v) is 2.86. The van der Waals surface area contributed by atoms with Crippen LogP contribution in [0.25, 0.3) is 0 Å². The van der Waals surface area contributed by atoms with Gasteiger partial charge in [0.2, 0.25) is 10.0 Å². The lowest BCUT2D eigenvalue weighted by atomic mass is 10.3. The molecule has 6 heteroatoms. The fraction of sp³-hybridized carbons (Fsp3) is 0.600. The first-order chi connectivity index (χ1) is 9.99. The number of nitrogens with one attached hydrogen (secondary N) is 2. The van der Waals surface area contributed by atoms with Crippen LogP contribution in [0, 0.1) is 0 Å². The van der Waals surface area contributed by atoms with E-state index in [4.69, 9.17) is 4.74 Å². The highest BCUT2D eigenvalue weighted by atomic mass is 32.2. The van der Waals surface area contributed by atoms with Gasteiger partial charge in [-0.05, 0) is 31.5 Å². The molecule has 0 saturated carbocycles. The topological polar surface area (TPSA) is 67.4 Å². The number of ether oxygens (including phenoxy) is 1. The van der Waals surface area contributed by atoms with Crippen molar-refractivity contribution in [1.29, 1.82) is 0 Å². The zero-order chi connectivity index (χ0) is 15.6. The molecule has 0 aromatic heterocycles. The average Bonchev–Trinajstić information content (AvgIpc) is 2.44. The number of rotatable bonds is 11. The molecule has 0 aliphatic heterocycles. The summed E-state index contributed by atoms with van der Waals surface area (Å²) in [5.41, 5.74) is 0. The minimum absolute atomic E-state index is 0.159. The minimum atomic E-state index is -3.17. The number of hydrogen-bond acceptors (Lipinski definition) is 4. The first-order valence-corrected chi connectivity index (χ1v) is 9.03. The molecule has 1 rings (SSSR count). The van der Waals surface area contributed by atoms with E-state index in [0.717, 1.165) is 12.3 Å². The lowest BCUT2D eigenvalue weighted by molar-refractivity contribution is 0.311. The molecule has 0 bridgehead atoms. The van der Waals surface area contributed by atoms with E-state index in [1.165, 1.54) is 0 Å². The Bertz CT molecular complexity index is 475. The van der Waals surface area contributed by atoms with E-state index in [1.54, 1.807) is 0 Å². The number of sulfonamides is 1. The molecule has 0 aliphatic carbocycles. The minimum Gasteiger partial charge on any atom is -0.494 e. The quantitative estimate of drug-likeness (QED) is 0.611. The van der Waals surface area contributed by atoms with Gasteiger partial charge in [0.1, 0.15) is 5.75 Å². The van der Waals surface area contributed by atoms with Gasteiger partial charge in [0.05, 0.1) is 12.4 Å². The largest absolute Gasteiger partial charge is 0.494 e. The van der Waals surface area contributed by atoms with Crippen LogP contribution in [-0.4, -0.2) is 39.9 Å². The predicted molar refractivity (Wildman–Crippen MR) is 86.1 cm³/mol. The van der Waals surface area contributed by atoms with E-state index >= 15 is 0 Å². The Hall–Kier alpha value is -1.11. The third-order valence-corrected chi connectivity index (χ3v) is 4.27. The van der Waals surface area contributed by atoms with Gasteiger partial charge in [-0.3, -0.25) is 0 Å². The summed E-state index contributed by atoms with van der Waals surface area (Å²) in [4.78, 5) is 0. The van der Waals surface area contributed by atoms with E-state index in [1.807, 2.05) is 44.2 Å². The first kappa shape index (κ1) is 17.9. The first-order valence-electron chi connectivity index (χ1n) is 7.38. The Labute approximate surface area is 128 Å². The van der Waals surface area contributed by atoms with Crippen molar-refractivity contribution in [3.63, 3.8) is 0 Å². The molecule has 0 aliphatic rings. The summed E-state index contributed by atoms with van der Waals surface area (Å²) in [5, 5.41) is 3.20. The van der Waals surface area contributed by atoms with E-state index in [0.29, 0.717) is 32.0 Å². The van der Waals surface area contributed by atoms with Gasteiger partial charge >= 0.3 is 0 Å². The monoisotopic (exact) mass is 314 g/mol. The number of hydrogen-bond donors (Lipinski definition) is 2. The summed E-state index contributed by atoms with van der Waals surface area (Å²) in [6, 6.07) is 9.88. The fourth-order valence-electron chi connectivity index (χ4n) is 1.73. The average molecular weight is 314 g/mol. The maximum absolute atomic E-state index is 11.7. The molecule has 0 atom stereocenters. The van der Waals surface area contributed by atoms with E-state index in [2.05, 4.69) is 10.0 Å². The van der Waals surface area contributed by atoms with Crippen LogP contribution in [0.1, 0.15) is 26.7 Å². The Morgan fingerprint density at radius 2 is 1.81 bits per heavy atom. The standard InChI is InChI=1S/C15H26N2O3S/c1-14(2)16-10-7-13-21(18,19)17-11-6-12-20-15-8-4-3-5-9-15/h3-5,8-9,14,16-17H,6-7,10-13H2,1-2H3. The summed E-state index contributed by atoms with van der Waals surface area (Å²) in [7, 11) is -3.17. The molecule has 0 heterocycles. The van der Waals surface area contributed by atoms with Gasteiger partial charge in [-0.2, -0.15) is 0 Å². The van der Waals surface area contributed by atoms with E-state index in [9.17, 15) is 8.42 Å². The van der Waals surface area contributed by atoms with Gasteiger partial charge < -0.3 is 10.1 Å². The number of benzene rings is 1. The zero-order valence-electron chi connectivity index (χ0n) is 12.8. The molecule has 1 aromatic carbocycles. The molecule has 5 nitrogen and oxygen atoms in total. The van der Waals surface area contributed by atoms with Crippen LogP contribution in [0.3, 0.4) is 0 Å². The lowest BCUT2D eigenvalue weighted by Gasteiger charge is -2.09. The molecule has 0 radical (unpaired) electrons. The van der Waals surface area contributed by atoms with Crippen molar-refractivity contribution in [1.82, 2.24) is 10.0 Å². The SMILES string of the molecule is CC(C)NCCCS(=O)(=O)NCCCOc1ccccc1. The smallest absolute Gasteiger partial charge is 0.211 e. The van der Waals surface area contributed by atoms with Crippen LogP contribution in [0.5, 0.6) is 5.75 Å². The van der Waals surface area contributed by atoms with Gasteiger partial charge in [0.25, 0.3) is 0 Å². The highest BCUT2D eigenvalue weighted by Gasteiger charge is 2.08. The molecule has 0 unspecified atom stereocenters. The van der Waals surface area contributed by atoms with Crippen molar-refractivity contribution < 1.29 is 13.2 Å². The van der Waals surface area contributed by atoms with Gasteiger partial charge in [0, 0.05) is 12.6 Å². The van der Waals surface area contributed by atoms with Crippen LogP contribution >= 0.6 is 0 Å².